The van der Waals surface area contributed by atoms with Crippen LogP contribution < -0.4 is 9.62 Å². The zero-order valence-corrected chi connectivity index (χ0v) is 20.8. The van der Waals surface area contributed by atoms with Crippen molar-refractivity contribution < 1.29 is 18.0 Å². The fourth-order valence-corrected chi connectivity index (χ4v) is 4.86. The first-order valence-corrected chi connectivity index (χ1v) is 13.0. The van der Waals surface area contributed by atoms with Crippen LogP contribution >= 0.6 is 0 Å². The summed E-state index contributed by atoms with van der Waals surface area (Å²) in [5.74, 6) is -0.742. The number of hydrogen-bond donors (Lipinski definition) is 1. The Hall–Kier alpha value is -3.39. The Balaban J connectivity index is 2.02. The van der Waals surface area contributed by atoms with Gasteiger partial charge in [-0.1, -0.05) is 73.2 Å². The number of sulfonamides is 1. The summed E-state index contributed by atoms with van der Waals surface area (Å²) in [6, 6.07) is 19.8. The molecule has 1 unspecified atom stereocenters. The molecule has 2 amide bonds. The summed E-state index contributed by atoms with van der Waals surface area (Å²) in [4.78, 5) is 27.7. The van der Waals surface area contributed by atoms with Crippen molar-refractivity contribution in [3.05, 3.63) is 77.9 Å². The van der Waals surface area contributed by atoms with Crippen LogP contribution in [0.3, 0.4) is 0 Å². The van der Waals surface area contributed by atoms with Gasteiger partial charge in [-0.05, 0) is 30.4 Å². The molecule has 0 saturated carbocycles. The molecule has 0 aliphatic carbocycles. The minimum absolute atomic E-state index is 0.193. The predicted molar refractivity (Wildman–Crippen MR) is 136 cm³/mol. The van der Waals surface area contributed by atoms with Gasteiger partial charge in [0.2, 0.25) is 21.8 Å². The SMILES string of the molecule is CCC(C(=O)NC)N(Cc1ccc(C)cc1)C(=O)CN(c1cccc2ccccc12)S(C)(=O)=O. The second-order valence-corrected chi connectivity index (χ2v) is 10.2. The summed E-state index contributed by atoms with van der Waals surface area (Å²) >= 11 is 0. The van der Waals surface area contributed by atoms with Crippen molar-refractivity contribution in [3.8, 4) is 0 Å². The molecule has 0 bridgehead atoms. The molecular weight excluding hydrogens is 450 g/mol. The number of benzene rings is 3. The standard InChI is InChI=1S/C26H31N3O4S/c1-5-23(26(31)27-3)28(17-20-15-13-19(2)14-16-20)25(30)18-29(34(4,32)33)24-12-8-10-21-9-6-7-11-22(21)24/h6-16,23H,5,17-18H2,1-4H3,(H,27,31). The van der Waals surface area contributed by atoms with Crippen molar-refractivity contribution in [2.24, 2.45) is 0 Å². The Kier molecular flexibility index (Phi) is 7.94. The van der Waals surface area contributed by atoms with E-state index >= 15 is 0 Å². The van der Waals surface area contributed by atoms with Gasteiger partial charge in [0.05, 0.1) is 11.9 Å². The van der Waals surface area contributed by atoms with Crippen LogP contribution in [0.25, 0.3) is 10.8 Å². The smallest absolute Gasteiger partial charge is 0.244 e. The summed E-state index contributed by atoms with van der Waals surface area (Å²) in [5, 5.41) is 4.22. The predicted octanol–water partition coefficient (Wildman–Crippen LogP) is 3.47. The Labute approximate surface area is 201 Å². The molecular formula is C26H31N3O4S. The lowest BCUT2D eigenvalue weighted by molar-refractivity contribution is -0.140. The summed E-state index contributed by atoms with van der Waals surface area (Å²) in [5.41, 5.74) is 2.37. The van der Waals surface area contributed by atoms with E-state index in [1.807, 2.05) is 68.4 Å². The lowest BCUT2D eigenvalue weighted by atomic mass is 10.1. The van der Waals surface area contributed by atoms with Crippen LogP contribution in [0.1, 0.15) is 24.5 Å². The highest BCUT2D eigenvalue weighted by molar-refractivity contribution is 7.92. The number of carbonyl (C=O) groups is 2. The molecule has 3 aromatic carbocycles. The third-order valence-corrected chi connectivity index (χ3v) is 6.95. The highest BCUT2D eigenvalue weighted by atomic mass is 32.2. The molecule has 34 heavy (non-hydrogen) atoms. The van der Waals surface area contributed by atoms with Gasteiger partial charge in [0.25, 0.3) is 0 Å². The van der Waals surface area contributed by atoms with Gasteiger partial charge in [0.15, 0.2) is 0 Å². The fourth-order valence-electron chi connectivity index (χ4n) is 4.00. The fraction of sp³-hybridized carbons (Fsp3) is 0.308. The Bertz CT molecular complexity index is 1270. The first kappa shape index (κ1) is 25.2. The molecule has 1 atom stereocenters. The van der Waals surface area contributed by atoms with E-state index in [1.165, 1.54) is 11.9 Å². The molecule has 0 radical (unpaired) electrons. The number of fused-ring (bicyclic) bond motifs is 1. The number of aryl methyl sites for hydroxylation is 1. The van der Waals surface area contributed by atoms with Gasteiger partial charge in [-0.15, -0.1) is 0 Å². The maximum absolute atomic E-state index is 13.6. The number of likely N-dealkylation sites (N-methyl/N-ethyl adjacent to an activating group) is 1. The van der Waals surface area contributed by atoms with Gasteiger partial charge in [-0.2, -0.15) is 0 Å². The van der Waals surface area contributed by atoms with Gasteiger partial charge in [-0.25, -0.2) is 8.42 Å². The number of amides is 2. The highest BCUT2D eigenvalue weighted by Crippen LogP contribution is 2.28. The summed E-state index contributed by atoms with van der Waals surface area (Å²) < 4.78 is 26.8. The van der Waals surface area contributed by atoms with E-state index < -0.39 is 28.5 Å². The van der Waals surface area contributed by atoms with E-state index in [0.717, 1.165) is 32.5 Å². The summed E-state index contributed by atoms with van der Waals surface area (Å²) in [6.07, 6.45) is 1.48. The lowest BCUT2D eigenvalue weighted by Gasteiger charge is -2.32. The van der Waals surface area contributed by atoms with E-state index in [2.05, 4.69) is 5.32 Å². The average Bonchev–Trinajstić information content (AvgIpc) is 2.82. The molecule has 0 aromatic heterocycles. The number of anilines is 1. The summed E-state index contributed by atoms with van der Waals surface area (Å²) in [6.45, 7) is 3.58. The minimum atomic E-state index is -3.79. The molecule has 0 fully saturated rings. The van der Waals surface area contributed by atoms with Crippen molar-refractivity contribution in [1.29, 1.82) is 0 Å². The van der Waals surface area contributed by atoms with Crippen LogP contribution in [-0.2, 0) is 26.2 Å². The van der Waals surface area contributed by atoms with E-state index in [9.17, 15) is 18.0 Å². The molecule has 0 aliphatic heterocycles. The normalized spacial score (nSPS) is 12.2. The Morgan fingerprint density at radius 1 is 0.971 bits per heavy atom. The van der Waals surface area contributed by atoms with Crippen molar-refractivity contribution in [1.82, 2.24) is 10.2 Å². The molecule has 180 valence electrons. The first-order chi connectivity index (χ1) is 16.2. The molecule has 3 rings (SSSR count). The van der Waals surface area contributed by atoms with Crippen LogP contribution in [0.5, 0.6) is 0 Å². The quantitative estimate of drug-likeness (QED) is 0.507. The van der Waals surface area contributed by atoms with Gasteiger partial charge >= 0.3 is 0 Å². The molecule has 3 aromatic rings. The molecule has 1 N–H and O–H groups in total. The first-order valence-electron chi connectivity index (χ1n) is 11.2. The van der Waals surface area contributed by atoms with Gasteiger partial charge in [-0.3, -0.25) is 13.9 Å². The monoisotopic (exact) mass is 481 g/mol. The number of nitrogens with zero attached hydrogens (tertiary/aromatic N) is 2. The van der Waals surface area contributed by atoms with Crippen molar-refractivity contribution in [3.63, 3.8) is 0 Å². The van der Waals surface area contributed by atoms with Crippen LogP contribution in [-0.4, -0.2) is 51.0 Å². The van der Waals surface area contributed by atoms with E-state index in [-0.39, 0.29) is 12.5 Å². The topological polar surface area (TPSA) is 86.8 Å². The van der Waals surface area contributed by atoms with Crippen molar-refractivity contribution >= 4 is 38.3 Å². The van der Waals surface area contributed by atoms with Crippen LogP contribution in [0.2, 0.25) is 0 Å². The number of rotatable bonds is 9. The molecule has 8 heteroatoms. The summed E-state index contributed by atoms with van der Waals surface area (Å²) in [7, 11) is -2.26. The molecule has 0 saturated heterocycles. The minimum Gasteiger partial charge on any atom is -0.357 e. The number of nitrogens with one attached hydrogen (secondary N) is 1. The molecule has 0 heterocycles. The van der Waals surface area contributed by atoms with Gasteiger partial charge in [0, 0.05) is 19.0 Å². The van der Waals surface area contributed by atoms with Crippen LogP contribution in [0.4, 0.5) is 5.69 Å². The van der Waals surface area contributed by atoms with Crippen molar-refractivity contribution in [2.45, 2.75) is 32.9 Å². The largest absolute Gasteiger partial charge is 0.357 e. The maximum Gasteiger partial charge on any atom is 0.244 e. The second-order valence-electron chi connectivity index (χ2n) is 8.31. The van der Waals surface area contributed by atoms with Gasteiger partial charge < -0.3 is 10.2 Å². The number of carbonyl (C=O) groups excluding carboxylic acids is 2. The molecule has 0 aliphatic rings. The zero-order valence-electron chi connectivity index (χ0n) is 20.0. The zero-order chi connectivity index (χ0) is 24.9. The van der Waals surface area contributed by atoms with Crippen LogP contribution in [0, 0.1) is 6.92 Å². The molecule has 0 spiro atoms. The number of hydrogen-bond acceptors (Lipinski definition) is 4. The maximum atomic E-state index is 13.6. The third kappa shape index (κ3) is 5.75. The van der Waals surface area contributed by atoms with E-state index in [0.29, 0.717) is 12.1 Å². The van der Waals surface area contributed by atoms with E-state index in [4.69, 9.17) is 0 Å². The lowest BCUT2D eigenvalue weighted by Crippen LogP contribution is -2.51. The average molecular weight is 482 g/mol. The van der Waals surface area contributed by atoms with E-state index in [1.54, 1.807) is 12.1 Å². The van der Waals surface area contributed by atoms with Crippen LogP contribution in [0.15, 0.2) is 66.7 Å². The second kappa shape index (κ2) is 10.7. The molecule has 7 nitrogen and oxygen atoms in total. The van der Waals surface area contributed by atoms with Gasteiger partial charge in [0.1, 0.15) is 12.6 Å². The highest BCUT2D eigenvalue weighted by Gasteiger charge is 2.31. The Morgan fingerprint density at radius 3 is 2.24 bits per heavy atom. The van der Waals surface area contributed by atoms with Crippen molar-refractivity contribution in [2.75, 3.05) is 24.2 Å². The Morgan fingerprint density at radius 2 is 1.62 bits per heavy atom. The third-order valence-electron chi connectivity index (χ3n) is 5.82.